The largest absolute Gasteiger partial charge is 0.507 e. The molecule has 11 nitrogen and oxygen atoms in total. The number of ether oxygens (including phenoxy) is 2. The van der Waals surface area contributed by atoms with Crippen molar-refractivity contribution < 1.29 is 28.9 Å². The average Bonchev–Trinajstić information content (AvgIpc) is 2.97. The summed E-state index contributed by atoms with van der Waals surface area (Å²) < 4.78 is 17.8. The minimum absolute atomic E-state index is 0.00315. The van der Waals surface area contributed by atoms with Crippen LogP contribution in [0.25, 0.3) is 21.9 Å². The summed E-state index contributed by atoms with van der Waals surface area (Å²) in [5, 5.41) is 28.4. The van der Waals surface area contributed by atoms with Crippen molar-refractivity contribution in [3.63, 3.8) is 0 Å². The third kappa shape index (κ3) is 8.31. The van der Waals surface area contributed by atoms with E-state index in [9.17, 15) is 19.8 Å². The maximum Gasteiger partial charge on any atom is 0.227 e. The minimum atomic E-state index is -0.516. The number of carbonyl (C=O) groups excluding carboxylic acids is 1. The van der Waals surface area contributed by atoms with Crippen molar-refractivity contribution >= 4 is 27.8 Å². The molecule has 2 aromatic carbocycles. The molecule has 3 aromatic rings. The maximum absolute atomic E-state index is 14.1. The molecule has 0 aliphatic rings. The molecule has 0 aliphatic heterocycles. The normalized spacial score (nSPS) is 11.8. The van der Waals surface area contributed by atoms with Crippen LogP contribution >= 0.6 is 0 Å². The molecule has 1 aromatic heterocycles. The van der Waals surface area contributed by atoms with Crippen LogP contribution in [0, 0.1) is 5.92 Å². The Bertz CT molecular complexity index is 1590. The fourth-order valence-corrected chi connectivity index (χ4v) is 4.90. The predicted molar refractivity (Wildman–Crippen MR) is 173 cm³/mol. The third-order valence-corrected chi connectivity index (χ3v) is 7.23. The first-order chi connectivity index (χ1) is 21.0. The summed E-state index contributed by atoms with van der Waals surface area (Å²) >= 11 is 0. The van der Waals surface area contributed by atoms with E-state index in [-0.39, 0.29) is 70.5 Å². The summed E-state index contributed by atoms with van der Waals surface area (Å²) in [7, 11) is 1.42. The Morgan fingerprint density at radius 2 is 1.66 bits per heavy atom. The zero-order chi connectivity index (χ0) is 32.4. The van der Waals surface area contributed by atoms with Gasteiger partial charge in [-0.3, -0.25) is 14.9 Å². The predicted octanol–water partition coefficient (Wildman–Crippen LogP) is 3.74. The van der Waals surface area contributed by atoms with E-state index in [2.05, 4.69) is 10.6 Å². The summed E-state index contributed by atoms with van der Waals surface area (Å²) in [5.74, 6) is -0.701. The molecular weight excluding hydrogens is 564 g/mol. The summed E-state index contributed by atoms with van der Waals surface area (Å²) in [6, 6.07) is 2.89. The number of amides is 1. The molecule has 1 atom stereocenters. The van der Waals surface area contributed by atoms with Crippen LogP contribution in [-0.4, -0.2) is 56.1 Å². The molecule has 0 spiro atoms. The van der Waals surface area contributed by atoms with Gasteiger partial charge in [-0.25, -0.2) is 0 Å². The highest BCUT2D eigenvalue weighted by Gasteiger charge is 2.25. The maximum atomic E-state index is 14.1. The van der Waals surface area contributed by atoms with Crippen molar-refractivity contribution in [2.45, 2.75) is 53.4 Å². The highest BCUT2D eigenvalue weighted by Crippen LogP contribution is 2.41. The number of phenolic OH excluding ortho intramolecular Hbond substituents is 2. The molecule has 0 saturated carbocycles. The van der Waals surface area contributed by atoms with Crippen LogP contribution in [0.1, 0.15) is 51.7 Å². The number of nitrogens with two attached hydrogens (primary N) is 2. The topological polar surface area (TPSA) is 182 Å². The average molecular weight is 611 g/mol. The van der Waals surface area contributed by atoms with Gasteiger partial charge in [-0.1, -0.05) is 23.3 Å². The Morgan fingerprint density at radius 3 is 2.27 bits per heavy atom. The summed E-state index contributed by atoms with van der Waals surface area (Å²) in [6.07, 6.45) is 5.55. The molecule has 0 saturated heterocycles. The third-order valence-electron chi connectivity index (χ3n) is 7.23. The quantitative estimate of drug-likeness (QED) is 0.0605. The lowest BCUT2D eigenvalue weighted by Crippen LogP contribution is -2.41. The van der Waals surface area contributed by atoms with Gasteiger partial charge in [-0.15, -0.1) is 0 Å². The number of rotatable bonds is 16. The van der Waals surface area contributed by atoms with Crippen molar-refractivity contribution in [1.82, 2.24) is 10.6 Å². The van der Waals surface area contributed by atoms with E-state index in [1.54, 1.807) is 6.07 Å². The fourth-order valence-electron chi connectivity index (χ4n) is 4.90. The zero-order valence-electron chi connectivity index (χ0n) is 26.3. The number of allylic oxidation sites excluding steroid dienone is 4. The Kier molecular flexibility index (Phi) is 12.6. The van der Waals surface area contributed by atoms with E-state index >= 15 is 0 Å². The van der Waals surface area contributed by atoms with Gasteiger partial charge in [-0.2, -0.15) is 0 Å². The number of nitrogens with one attached hydrogen (secondary N) is 2. The highest BCUT2D eigenvalue weighted by atomic mass is 16.5. The van der Waals surface area contributed by atoms with Crippen LogP contribution in [0.5, 0.6) is 23.0 Å². The smallest absolute Gasteiger partial charge is 0.227 e. The van der Waals surface area contributed by atoms with Gasteiger partial charge in [0.1, 0.15) is 28.1 Å². The Morgan fingerprint density at radius 1 is 1.00 bits per heavy atom. The molecule has 0 aliphatic carbocycles. The standard InChI is InChI=1S/C33H46N4O7/c1-19(2)8-10-22-25(43-17-21(7-6-12-34)33(41)37-18-36-14-13-35)16-27-29(30(22)39)31(40)28-23(11-9-20(3)4)32(42-5)24(38)15-26(28)44-27/h8-9,15-16,21,36,38-39H,6-7,10-14,17-18,34-35H2,1-5H3,(H,37,41). The molecular formula is C33H46N4O7. The molecule has 0 radical (unpaired) electrons. The number of methoxy groups -OCH3 is 1. The SMILES string of the molecule is COc1c(O)cc2oc3cc(OCC(CCCN)C(=O)NCNCCN)c(CC=C(C)C)c(O)c3c(=O)c2c1CC=C(C)C. The number of carbonyl (C=O) groups is 1. The van der Waals surface area contributed by atoms with Gasteiger partial charge >= 0.3 is 0 Å². The molecule has 11 heteroatoms. The number of hydrogen-bond acceptors (Lipinski definition) is 10. The molecule has 1 amide bonds. The lowest BCUT2D eigenvalue weighted by molar-refractivity contribution is -0.126. The molecule has 1 heterocycles. The summed E-state index contributed by atoms with van der Waals surface area (Å²) in [6.45, 7) is 9.44. The first-order valence-electron chi connectivity index (χ1n) is 14.9. The lowest BCUT2D eigenvalue weighted by atomic mass is 9.98. The second kappa shape index (κ2) is 16.1. The second-order valence-corrected chi connectivity index (χ2v) is 11.2. The molecule has 0 bridgehead atoms. The first kappa shape index (κ1) is 34.4. The van der Waals surface area contributed by atoms with Gasteiger partial charge in [-0.05, 0) is 59.9 Å². The van der Waals surface area contributed by atoms with Crippen LogP contribution in [-0.2, 0) is 17.6 Å². The van der Waals surface area contributed by atoms with E-state index in [0.29, 0.717) is 50.0 Å². The van der Waals surface area contributed by atoms with E-state index in [0.717, 1.165) is 11.1 Å². The Hall–Kier alpha value is -4.06. The van der Waals surface area contributed by atoms with Crippen molar-refractivity contribution in [2.75, 3.05) is 40.0 Å². The van der Waals surface area contributed by atoms with Crippen molar-refractivity contribution in [3.05, 3.63) is 56.8 Å². The van der Waals surface area contributed by atoms with Crippen LogP contribution in [0.3, 0.4) is 0 Å². The Labute approximate surface area is 257 Å². The van der Waals surface area contributed by atoms with Gasteiger partial charge < -0.3 is 40.9 Å². The molecule has 44 heavy (non-hydrogen) atoms. The fraction of sp³-hybridized carbons (Fsp3) is 0.455. The molecule has 1 unspecified atom stereocenters. The van der Waals surface area contributed by atoms with E-state index in [4.69, 9.17) is 25.4 Å². The van der Waals surface area contributed by atoms with Gasteiger partial charge in [0.25, 0.3) is 0 Å². The van der Waals surface area contributed by atoms with E-state index in [1.165, 1.54) is 13.2 Å². The van der Waals surface area contributed by atoms with Crippen LogP contribution in [0.4, 0.5) is 0 Å². The molecule has 0 fully saturated rings. The molecule has 8 N–H and O–H groups in total. The van der Waals surface area contributed by atoms with Crippen molar-refractivity contribution in [3.8, 4) is 23.0 Å². The highest BCUT2D eigenvalue weighted by molar-refractivity contribution is 5.98. The van der Waals surface area contributed by atoms with Crippen molar-refractivity contribution in [2.24, 2.45) is 17.4 Å². The van der Waals surface area contributed by atoms with Gasteiger partial charge in [0.15, 0.2) is 11.5 Å². The van der Waals surface area contributed by atoms with Gasteiger partial charge in [0, 0.05) is 36.3 Å². The van der Waals surface area contributed by atoms with Crippen molar-refractivity contribution in [1.29, 1.82) is 0 Å². The molecule has 3 rings (SSSR count). The van der Waals surface area contributed by atoms with Crippen LogP contribution in [0.2, 0.25) is 0 Å². The monoisotopic (exact) mass is 610 g/mol. The lowest BCUT2D eigenvalue weighted by Gasteiger charge is -2.20. The Balaban J connectivity index is 2.17. The minimum Gasteiger partial charge on any atom is -0.507 e. The zero-order valence-corrected chi connectivity index (χ0v) is 26.3. The number of aromatic hydroxyl groups is 2. The van der Waals surface area contributed by atoms with Crippen LogP contribution < -0.4 is 37.0 Å². The molecule has 240 valence electrons. The van der Waals surface area contributed by atoms with E-state index < -0.39 is 11.3 Å². The summed E-state index contributed by atoms with van der Waals surface area (Å²) in [5.41, 5.74) is 13.9. The van der Waals surface area contributed by atoms with Gasteiger partial charge in [0.05, 0.1) is 31.7 Å². The van der Waals surface area contributed by atoms with Gasteiger partial charge in [0.2, 0.25) is 11.3 Å². The second-order valence-electron chi connectivity index (χ2n) is 11.2. The number of hydrogen-bond donors (Lipinski definition) is 6. The number of phenols is 2. The first-order valence-corrected chi connectivity index (χ1v) is 14.9. The van der Waals surface area contributed by atoms with E-state index in [1.807, 2.05) is 39.8 Å². The number of benzene rings is 2. The van der Waals surface area contributed by atoms with Crippen LogP contribution in [0.15, 0.2) is 44.6 Å². The summed E-state index contributed by atoms with van der Waals surface area (Å²) in [4.78, 5) is 27.0. The number of fused-ring (bicyclic) bond motifs is 2.